The van der Waals surface area contributed by atoms with Gasteiger partial charge < -0.3 is 5.11 Å². The Morgan fingerprint density at radius 3 is 2.60 bits per heavy atom. The van der Waals surface area contributed by atoms with Gasteiger partial charge in [0.1, 0.15) is 5.75 Å². The van der Waals surface area contributed by atoms with E-state index in [9.17, 15) is 0 Å². The molecule has 1 rings (SSSR count). The van der Waals surface area contributed by atoms with Crippen molar-refractivity contribution in [1.29, 1.82) is 0 Å². The van der Waals surface area contributed by atoms with Crippen LogP contribution in [0.25, 0.3) is 0 Å². The van der Waals surface area contributed by atoms with Crippen molar-refractivity contribution in [2.45, 2.75) is 0 Å². The van der Waals surface area contributed by atoms with E-state index in [0.29, 0.717) is 5.02 Å². The highest BCUT2D eigenvalue weighted by atomic mass is 127. The molecular formula is C6H3BrClIO. The number of benzene rings is 1. The number of phenolic OH excluding ortho intramolecular Hbond substituents is 1. The van der Waals surface area contributed by atoms with E-state index in [4.69, 9.17) is 16.7 Å². The van der Waals surface area contributed by atoms with Gasteiger partial charge in [0.2, 0.25) is 0 Å². The first-order valence-electron chi connectivity index (χ1n) is 2.45. The van der Waals surface area contributed by atoms with Crippen LogP contribution in [0.5, 0.6) is 5.75 Å². The molecule has 54 valence electrons. The highest BCUT2D eigenvalue weighted by molar-refractivity contribution is 14.1. The summed E-state index contributed by atoms with van der Waals surface area (Å²) < 4.78 is 1.49. The van der Waals surface area contributed by atoms with Crippen LogP contribution in [0.1, 0.15) is 0 Å². The summed E-state index contributed by atoms with van der Waals surface area (Å²) in [6, 6.07) is 3.21. The molecule has 1 N–H and O–H groups in total. The zero-order chi connectivity index (χ0) is 7.72. The van der Waals surface area contributed by atoms with Crippen LogP contribution in [0.4, 0.5) is 0 Å². The Kier molecular flexibility index (Phi) is 2.82. The summed E-state index contributed by atoms with van der Waals surface area (Å²) in [6.45, 7) is 0. The lowest BCUT2D eigenvalue weighted by Crippen LogP contribution is -1.76. The van der Waals surface area contributed by atoms with Gasteiger partial charge in [-0.05, 0) is 50.7 Å². The third-order valence-corrected chi connectivity index (χ3v) is 4.21. The zero-order valence-corrected chi connectivity index (χ0v) is 9.24. The van der Waals surface area contributed by atoms with Crippen LogP contribution < -0.4 is 0 Å². The van der Waals surface area contributed by atoms with Gasteiger partial charge in [-0.3, -0.25) is 0 Å². The average molecular weight is 333 g/mol. The average Bonchev–Trinajstić information content (AvgIpc) is 1.93. The summed E-state index contributed by atoms with van der Waals surface area (Å²) >= 11 is 11.0. The van der Waals surface area contributed by atoms with E-state index in [-0.39, 0.29) is 5.75 Å². The molecule has 0 unspecified atom stereocenters. The third kappa shape index (κ3) is 1.57. The predicted octanol–water partition coefficient (Wildman–Crippen LogP) is 3.41. The number of halogens is 3. The molecule has 0 saturated heterocycles. The summed E-state index contributed by atoms with van der Waals surface area (Å²) in [5, 5.41) is 9.74. The maximum absolute atomic E-state index is 9.13. The number of hydrogen-bond donors (Lipinski definition) is 1. The van der Waals surface area contributed by atoms with Crippen molar-refractivity contribution in [3.63, 3.8) is 0 Å². The lowest BCUT2D eigenvalue weighted by atomic mass is 10.3. The first-order chi connectivity index (χ1) is 4.63. The minimum absolute atomic E-state index is 0.247. The molecule has 0 amide bonds. The molecular weight excluding hydrogens is 330 g/mol. The van der Waals surface area contributed by atoms with Gasteiger partial charge in [-0.2, -0.15) is 0 Å². The van der Waals surface area contributed by atoms with E-state index in [1.165, 1.54) is 0 Å². The van der Waals surface area contributed by atoms with E-state index in [2.05, 4.69) is 15.9 Å². The van der Waals surface area contributed by atoms with E-state index < -0.39 is 0 Å². The van der Waals surface area contributed by atoms with E-state index in [0.717, 1.165) is 8.04 Å². The molecule has 0 spiro atoms. The highest BCUT2D eigenvalue weighted by Crippen LogP contribution is 2.33. The van der Waals surface area contributed by atoms with Gasteiger partial charge in [0.25, 0.3) is 0 Å². The lowest BCUT2D eigenvalue weighted by molar-refractivity contribution is 0.471. The van der Waals surface area contributed by atoms with Crippen LogP contribution in [0.3, 0.4) is 0 Å². The van der Waals surface area contributed by atoms with Gasteiger partial charge in [-0.15, -0.1) is 0 Å². The second-order valence-corrected chi connectivity index (χ2v) is 3.97. The molecule has 0 aliphatic heterocycles. The molecule has 0 radical (unpaired) electrons. The molecule has 0 saturated carbocycles. The molecule has 1 aromatic rings. The van der Waals surface area contributed by atoms with Crippen molar-refractivity contribution < 1.29 is 5.11 Å². The van der Waals surface area contributed by atoms with Crippen LogP contribution in [0.2, 0.25) is 5.02 Å². The fourth-order valence-corrected chi connectivity index (χ4v) is 1.64. The summed E-state index contributed by atoms with van der Waals surface area (Å²) in [6.07, 6.45) is 0. The maximum atomic E-state index is 9.13. The minimum atomic E-state index is 0.247. The molecule has 10 heavy (non-hydrogen) atoms. The highest BCUT2D eigenvalue weighted by Gasteiger charge is 2.04. The van der Waals surface area contributed by atoms with Crippen molar-refractivity contribution in [2.24, 2.45) is 0 Å². The Labute approximate surface area is 85.7 Å². The largest absolute Gasteiger partial charge is 0.507 e. The Balaban J connectivity index is 3.34. The van der Waals surface area contributed by atoms with Gasteiger partial charge in [0, 0.05) is 0 Å². The predicted molar refractivity (Wildman–Crippen MR) is 53.5 cm³/mol. The molecule has 0 aromatic heterocycles. The fraction of sp³-hybridized carbons (Fsp3) is 0. The fourth-order valence-electron chi connectivity index (χ4n) is 0.516. The SMILES string of the molecule is Oc1ccc(Cl)c(Br)c1I. The molecule has 0 fully saturated rings. The number of rotatable bonds is 0. The van der Waals surface area contributed by atoms with Crippen molar-refractivity contribution >= 4 is 50.1 Å². The van der Waals surface area contributed by atoms with E-state index in [1.54, 1.807) is 12.1 Å². The molecule has 0 bridgehead atoms. The normalized spacial score (nSPS) is 9.90. The van der Waals surface area contributed by atoms with Crippen LogP contribution in [-0.4, -0.2) is 5.11 Å². The summed E-state index contributed by atoms with van der Waals surface area (Å²) in [5.74, 6) is 0.247. The van der Waals surface area contributed by atoms with Gasteiger partial charge in [-0.25, -0.2) is 0 Å². The minimum Gasteiger partial charge on any atom is -0.507 e. The first-order valence-corrected chi connectivity index (χ1v) is 4.70. The smallest absolute Gasteiger partial charge is 0.130 e. The molecule has 1 aromatic carbocycles. The van der Waals surface area contributed by atoms with E-state index >= 15 is 0 Å². The van der Waals surface area contributed by atoms with E-state index in [1.807, 2.05) is 22.6 Å². The van der Waals surface area contributed by atoms with Crippen LogP contribution in [-0.2, 0) is 0 Å². The lowest BCUT2D eigenvalue weighted by Gasteiger charge is -2.00. The van der Waals surface area contributed by atoms with Gasteiger partial charge >= 0.3 is 0 Å². The first kappa shape index (κ1) is 8.62. The van der Waals surface area contributed by atoms with Gasteiger partial charge in [0.15, 0.2) is 0 Å². The standard InChI is InChI=1S/C6H3BrClIO/c7-5-3(8)1-2-4(10)6(5)9/h1-2,10H. The van der Waals surface area contributed by atoms with Crippen LogP contribution >= 0.6 is 50.1 Å². The second kappa shape index (κ2) is 3.28. The van der Waals surface area contributed by atoms with Crippen LogP contribution in [0.15, 0.2) is 16.6 Å². The molecule has 0 aliphatic carbocycles. The Hall–Kier alpha value is 0.520. The zero-order valence-electron chi connectivity index (χ0n) is 4.74. The topological polar surface area (TPSA) is 20.2 Å². The number of phenols is 1. The molecule has 0 atom stereocenters. The summed E-state index contributed by atoms with van der Waals surface area (Å²) in [7, 11) is 0. The third-order valence-electron chi connectivity index (χ3n) is 1.01. The van der Waals surface area contributed by atoms with Crippen molar-refractivity contribution in [1.82, 2.24) is 0 Å². The van der Waals surface area contributed by atoms with Crippen molar-refractivity contribution in [3.8, 4) is 5.75 Å². The number of aromatic hydroxyl groups is 1. The van der Waals surface area contributed by atoms with Gasteiger partial charge in [-0.1, -0.05) is 11.6 Å². The maximum Gasteiger partial charge on any atom is 0.130 e. The Morgan fingerprint density at radius 1 is 1.50 bits per heavy atom. The van der Waals surface area contributed by atoms with Crippen LogP contribution in [0, 0.1) is 3.57 Å². The Bertz CT molecular complexity index is 237. The van der Waals surface area contributed by atoms with Gasteiger partial charge in [0.05, 0.1) is 13.1 Å². The quantitative estimate of drug-likeness (QED) is 0.570. The summed E-state index contributed by atoms with van der Waals surface area (Å²) in [4.78, 5) is 0. The molecule has 0 heterocycles. The molecule has 4 heteroatoms. The second-order valence-electron chi connectivity index (χ2n) is 1.69. The monoisotopic (exact) mass is 332 g/mol. The Morgan fingerprint density at radius 2 is 2.10 bits per heavy atom. The molecule has 1 nitrogen and oxygen atoms in total. The molecule has 0 aliphatic rings. The van der Waals surface area contributed by atoms with Crippen molar-refractivity contribution in [2.75, 3.05) is 0 Å². The summed E-state index contributed by atoms with van der Waals surface area (Å²) in [5.41, 5.74) is 0. The van der Waals surface area contributed by atoms with Crippen molar-refractivity contribution in [3.05, 3.63) is 25.2 Å². The number of hydrogen-bond acceptors (Lipinski definition) is 1.